The first-order valence-electron chi connectivity index (χ1n) is 6.27. The molecule has 0 aromatic carbocycles. The highest BCUT2D eigenvalue weighted by molar-refractivity contribution is 5.85. The molecule has 1 amide bonds. The quantitative estimate of drug-likeness (QED) is 0.833. The summed E-state index contributed by atoms with van der Waals surface area (Å²) >= 11 is 0. The SMILES string of the molecule is CCN(CC)C(=O)C(C)Nc1nccc(C)c1N. The van der Waals surface area contributed by atoms with E-state index in [2.05, 4.69) is 10.3 Å². The predicted molar refractivity (Wildman–Crippen MR) is 74.4 cm³/mol. The number of nitrogens with two attached hydrogens (primary N) is 1. The van der Waals surface area contributed by atoms with E-state index in [-0.39, 0.29) is 11.9 Å². The van der Waals surface area contributed by atoms with E-state index < -0.39 is 0 Å². The topological polar surface area (TPSA) is 71.2 Å². The molecule has 3 N–H and O–H groups in total. The van der Waals surface area contributed by atoms with Crippen LogP contribution in [-0.4, -0.2) is 34.9 Å². The summed E-state index contributed by atoms with van der Waals surface area (Å²) in [6, 6.07) is 1.51. The zero-order valence-electron chi connectivity index (χ0n) is 11.5. The second kappa shape index (κ2) is 6.23. The summed E-state index contributed by atoms with van der Waals surface area (Å²) in [6.45, 7) is 9.08. The Morgan fingerprint density at radius 1 is 1.50 bits per heavy atom. The predicted octanol–water partition coefficient (Wildman–Crippen LogP) is 1.64. The maximum Gasteiger partial charge on any atom is 0.244 e. The highest BCUT2D eigenvalue weighted by Gasteiger charge is 2.19. The van der Waals surface area contributed by atoms with Gasteiger partial charge in [-0.2, -0.15) is 0 Å². The minimum Gasteiger partial charge on any atom is -0.396 e. The van der Waals surface area contributed by atoms with Crippen LogP contribution in [0.3, 0.4) is 0 Å². The number of pyridine rings is 1. The molecule has 1 unspecified atom stereocenters. The highest BCUT2D eigenvalue weighted by Crippen LogP contribution is 2.19. The van der Waals surface area contributed by atoms with Gasteiger partial charge < -0.3 is 16.0 Å². The van der Waals surface area contributed by atoms with Gasteiger partial charge in [-0.15, -0.1) is 0 Å². The Balaban J connectivity index is 2.78. The molecule has 5 heteroatoms. The fraction of sp³-hybridized carbons (Fsp3) is 0.538. The number of aromatic nitrogens is 1. The first kappa shape index (κ1) is 14.3. The fourth-order valence-electron chi connectivity index (χ4n) is 1.76. The van der Waals surface area contributed by atoms with Crippen LogP contribution in [0.5, 0.6) is 0 Å². The van der Waals surface area contributed by atoms with Crippen LogP contribution in [-0.2, 0) is 4.79 Å². The van der Waals surface area contributed by atoms with Crippen molar-refractivity contribution in [3.63, 3.8) is 0 Å². The van der Waals surface area contributed by atoms with E-state index in [0.29, 0.717) is 24.6 Å². The van der Waals surface area contributed by atoms with Crippen molar-refractivity contribution in [1.29, 1.82) is 0 Å². The van der Waals surface area contributed by atoms with Crippen LogP contribution in [0.1, 0.15) is 26.3 Å². The Labute approximate surface area is 108 Å². The Morgan fingerprint density at radius 3 is 2.67 bits per heavy atom. The number of nitrogen functional groups attached to an aromatic ring is 1. The van der Waals surface area contributed by atoms with E-state index in [1.165, 1.54) is 0 Å². The molecule has 0 saturated carbocycles. The normalized spacial score (nSPS) is 12.0. The number of hydrogen-bond acceptors (Lipinski definition) is 4. The molecule has 0 radical (unpaired) electrons. The molecule has 0 aliphatic carbocycles. The lowest BCUT2D eigenvalue weighted by atomic mass is 10.2. The average molecular weight is 250 g/mol. The van der Waals surface area contributed by atoms with E-state index in [1.807, 2.05) is 33.8 Å². The number of amides is 1. The summed E-state index contributed by atoms with van der Waals surface area (Å²) < 4.78 is 0. The Hall–Kier alpha value is -1.78. The van der Waals surface area contributed by atoms with Crippen molar-refractivity contribution in [2.24, 2.45) is 0 Å². The molecule has 1 aromatic rings. The zero-order valence-corrected chi connectivity index (χ0v) is 11.5. The van der Waals surface area contributed by atoms with Crippen LogP contribution < -0.4 is 11.1 Å². The van der Waals surface area contributed by atoms with Crippen molar-refractivity contribution in [3.05, 3.63) is 17.8 Å². The van der Waals surface area contributed by atoms with Gasteiger partial charge in [0.1, 0.15) is 11.9 Å². The second-order valence-electron chi connectivity index (χ2n) is 4.27. The van der Waals surface area contributed by atoms with Gasteiger partial charge >= 0.3 is 0 Å². The lowest BCUT2D eigenvalue weighted by molar-refractivity contribution is -0.131. The van der Waals surface area contributed by atoms with Crippen molar-refractivity contribution in [1.82, 2.24) is 9.88 Å². The standard InChI is InChI=1S/C13H22N4O/c1-5-17(6-2)13(18)10(4)16-12-11(14)9(3)7-8-15-12/h7-8,10H,5-6,14H2,1-4H3,(H,15,16). The number of aryl methyl sites for hydroxylation is 1. The lowest BCUT2D eigenvalue weighted by Gasteiger charge is -2.24. The number of anilines is 2. The molecule has 0 spiro atoms. The second-order valence-corrected chi connectivity index (χ2v) is 4.27. The molecule has 0 bridgehead atoms. The molecule has 0 saturated heterocycles. The van der Waals surface area contributed by atoms with E-state index in [4.69, 9.17) is 5.73 Å². The van der Waals surface area contributed by atoms with E-state index in [9.17, 15) is 4.79 Å². The minimum absolute atomic E-state index is 0.0581. The van der Waals surface area contributed by atoms with E-state index in [0.717, 1.165) is 5.56 Å². The van der Waals surface area contributed by atoms with Crippen molar-refractivity contribution in [3.8, 4) is 0 Å². The molecule has 1 aromatic heterocycles. The molecule has 0 fully saturated rings. The van der Waals surface area contributed by atoms with Crippen LogP contribution in [0.25, 0.3) is 0 Å². The maximum atomic E-state index is 12.1. The third-order valence-corrected chi connectivity index (χ3v) is 3.01. The summed E-state index contributed by atoms with van der Waals surface area (Å²) in [5, 5.41) is 3.07. The van der Waals surface area contributed by atoms with Gasteiger partial charge in [-0.25, -0.2) is 4.98 Å². The molecule has 18 heavy (non-hydrogen) atoms. The van der Waals surface area contributed by atoms with Gasteiger partial charge in [0.25, 0.3) is 0 Å². The Kier molecular flexibility index (Phi) is 4.95. The number of nitrogens with zero attached hydrogens (tertiary/aromatic N) is 2. The Morgan fingerprint density at radius 2 is 2.11 bits per heavy atom. The lowest BCUT2D eigenvalue weighted by Crippen LogP contribution is -2.41. The number of likely N-dealkylation sites (N-methyl/N-ethyl adjacent to an activating group) is 1. The van der Waals surface area contributed by atoms with E-state index in [1.54, 1.807) is 11.1 Å². The monoisotopic (exact) mass is 250 g/mol. The molecular weight excluding hydrogens is 228 g/mol. The fourth-order valence-corrected chi connectivity index (χ4v) is 1.76. The molecule has 0 aliphatic heterocycles. The van der Waals surface area contributed by atoms with E-state index >= 15 is 0 Å². The van der Waals surface area contributed by atoms with Crippen molar-refractivity contribution in [2.45, 2.75) is 33.7 Å². The average Bonchev–Trinajstić information content (AvgIpc) is 2.36. The van der Waals surface area contributed by atoms with Gasteiger partial charge in [-0.05, 0) is 39.3 Å². The van der Waals surface area contributed by atoms with Crippen molar-refractivity contribution in [2.75, 3.05) is 24.1 Å². The minimum atomic E-state index is -0.332. The highest BCUT2D eigenvalue weighted by atomic mass is 16.2. The number of nitrogens with one attached hydrogen (secondary N) is 1. The molecule has 5 nitrogen and oxygen atoms in total. The van der Waals surface area contributed by atoms with Gasteiger partial charge in [-0.1, -0.05) is 0 Å². The van der Waals surface area contributed by atoms with Gasteiger partial charge in [0.2, 0.25) is 5.91 Å². The molecule has 100 valence electrons. The molecular formula is C13H22N4O. The summed E-state index contributed by atoms with van der Waals surface area (Å²) in [4.78, 5) is 18.0. The van der Waals surface area contributed by atoms with Crippen molar-refractivity contribution < 1.29 is 4.79 Å². The number of rotatable bonds is 5. The van der Waals surface area contributed by atoms with Crippen LogP contribution >= 0.6 is 0 Å². The smallest absolute Gasteiger partial charge is 0.244 e. The van der Waals surface area contributed by atoms with Crippen LogP contribution in [0.2, 0.25) is 0 Å². The first-order valence-corrected chi connectivity index (χ1v) is 6.27. The summed E-state index contributed by atoms with van der Waals surface area (Å²) in [5.41, 5.74) is 7.47. The van der Waals surface area contributed by atoms with Crippen LogP contribution in [0.15, 0.2) is 12.3 Å². The summed E-state index contributed by atoms with van der Waals surface area (Å²) in [5.74, 6) is 0.630. The largest absolute Gasteiger partial charge is 0.396 e. The molecule has 1 atom stereocenters. The zero-order chi connectivity index (χ0) is 13.7. The molecule has 1 heterocycles. The summed E-state index contributed by atoms with van der Waals surface area (Å²) in [6.07, 6.45) is 1.68. The van der Waals surface area contributed by atoms with Gasteiger partial charge in [0.05, 0.1) is 5.69 Å². The van der Waals surface area contributed by atoms with Gasteiger partial charge in [-0.3, -0.25) is 4.79 Å². The number of carbonyl (C=O) groups excluding carboxylic acids is 1. The third-order valence-electron chi connectivity index (χ3n) is 3.01. The van der Waals surface area contributed by atoms with Crippen LogP contribution in [0, 0.1) is 6.92 Å². The Bertz CT molecular complexity index is 415. The van der Waals surface area contributed by atoms with Crippen molar-refractivity contribution >= 4 is 17.4 Å². The maximum absolute atomic E-state index is 12.1. The van der Waals surface area contributed by atoms with Crippen LogP contribution in [0.4, 0.5) is 11.5 Å². The van der Waals surface area contributed by atoms with Gasteiger partial charge in [0.15, 0.2) is 0 Å². The third kappa shape index (κ3) is 3.12. The number of carbonyl (C=O) groups is 1. The molecule has 1 rings (SSSR count). The van der Waals surface area contributed by atoms with Gasteiger partial charge in [0, 0.05) is 19.3 Å². The molecule has 0 aliphatic rings. The summed E-state index contributed by atoms with van der Waals surface area (Å²) in [7, 11) is 0. The number of hydrogen-bond donors (Lipinski definition) is 2. The first-order chi connectivity index (χ1) is 8.51.